The summed E-state index contributed by atoms with van der Waals surface area (Å²) >= 11 is 4.02. The first-order valence-corrected chi connectivity index (χ1v) is 8.58. The monoisotopic (exact) mass is 318 g/mol. The Morgan fingerprint density at radius 2 is 1.79 bits per heavy atom. The molecule has 1 nitrogen and oxygen atoms in total. The minimum Gasteiger partial charge on any atom is -0.372 e. The topological polar surface area (TPSA) is 9.23 Å². The van der Waals surface area contributed by atoms with Gasteiger partial charge in [0, 0.05) is 4.83 Å². The molecule has 4 aliphatic rings. The van der Waals surface area contributed by atoms with Gasteiger partial charge in [-0.3, -0.25) is 0 Å². The second-order valence-electron chi connectivity index (χ2n) is 6.99. The van der Waals surface area contributed by atoms with Crippen LogP contribution in [0.3, 0.4) is 0 Å². The van der Waals surface area contributed by atoms with Crippen molar-refractivity contribution in [2.24, 2.45) is 29.6 Å². The first-order chi connectivity index (χ1) is 9.33. The summed E-state index contributed by atoms with van der Waals surface area (Å²) in [6, 6.07) is 6.99. The van der Waals surface area contributed by atoms with E-state index >= 15 is 0 Å². The van der Waals surface area contributed by atoms with Gasteiger partial charge in [-0.1, -0.05) is 34.1 Å². The van der Waals surface area contributed by atoms with Gasteiger partial charge in [0.1, 0.15) is 0 Å². The van der Waals surface area contributed by atoms with E-state index in [1.165, 1.54) is 29.5 Å². The number of halogens is 1. The third-order valence-corrected chi connectivity index (χ3v) is 7.34. The van der Waals surface area contributed by atoms with Crippen LogP contribution in [0.25, 0.3) is 0 Å². The van der Waals surface area contributed by atoms with Crippen LogP contribution in [0.1, 0.15) is 40.8 Å². The maximum Gasteiger partial charge on any atom is 0.0725 e. The Labute approximate surface area is 122 Å². The standard InChI is InChI=1S/C17H19BrO/c18-17(11-3-4-12-7-19-8-13(12)6-11)16-14-9-1-2-10(5-9)15(14)16/h3-4,6,9-10,14-17H,1-2,5,7-8H2. The van der Waals surface area contributed by atoms with Crippen LogP contribution in [0, 0.1) is 29.6 Å². The normalized spacial score (nSPS) is 43.1. The molecule has 1 heterocycles. The molecule has 2 heteroatoms. The minimum absolute atomic E-state index is 0.580. The van der Waals surface area contributed by atoms with Crippen molar-refractivity contribution in [2.45, 2.75) is 37.3 Å². The molecule has 0 saturated heterocycles. The first-order valence-electron chi connectivity index (χ1n) is 7.66. The molecule has 0 radical (unpaired) electrons. The van der Waals surface area contributed by atoms with Gasteiger partial charge in [-0.25, -0.2) is 0 Å². The van der Waals surface area contributed by atoms with E-state index < -0.39 is 0 Å². The van der Waals surface area contributed by atoms with E-state index in [0.717, 1.165) is 42.8 Å². The summed E-state index contributed by atoms with van der Waals surface area (Å²) in [6.45, 7) is 1.62. The smallest absolute Gasteiger partial charge is 0.0725 e. The van der Waals surface area contributed by atoms with Crippen LogP contribution in [-0.4, -0.2) is 0 Å². The first kappa shape index (κ1) is 11.3. The van der Waals surface area contributed by atoms with Crippen LogP contribution < -0.4 is 0 Å². The van der Waals surface area contributed by atoms with Crippen LogP contribution in [0.2, 0.25) is 0 Å². The number of hydrogen-bond acceptors (Lipinski definition) is 1. The van der Waals surface area contributed by atoms with Crippen LogP contribution in [0.5, 0.6) is 0 Å². The molecule has 0 aromatic heterocycles. The Kier molecular flexibility index (Phi) is 2.30. The zero-order valence-corrected chi connectivity index (χ0v) is 12.6. The van der Waals surface area contributed by atoms with Gasteiger partial charge in [-0.05, 0) is 65.5 Å². The predicted molar refractivity (Wildman–Crippen MR) is 77.9 cm³/mol. The lowest BCUT2D eigenvalue weighted by atomic mass is 9.95. The summed E-state index contributed by atoms with van der Waals surface area (Å²) in [5, 5.41) is 0. The number of benzene rings is 1. The summed E-state index contributed by atoms with van der Waals surface area (Å²) < 4.78 is 5.53. The molecule has 1 aromatic carbocycles. The molecule has 3 saturated carbocycles. The second-order valence-corrected chi connectivity index (χ2v) is 7.97. The molecule has 19 heavy (non-hydrogen) atoms. The third-order valence-electron chi connectivity index (χ3n) is 6.20. The number of fused-ring (bicyclic) bond motifs is 6. The average molecular weight is 319 g/mol. The van der Waals surface area contributed by atoms with E-state index in [2.05, 4.69) is 34.1 Å². The van der Waals surface area contributed by atoms with Crippen LogP contribution >= 0.6 is 15.9 Å². The molecule has 1 aliphatic heterocycles. The molecule has 3 aliphatic carbocycles. The Morgan fingerprint density at radius 1 is 1.05 bits per heavy atom. The zero-order chi connectivity index (χ0) is 12.6. The van der Waals surface area contributed by atoms with Crippen molar-refractivity contribution in [1.82, 2.24) is 0 Å². The molecule has 100 valence electrons. The maximum absolute atomic E-state index is 5.53. The Morgan fingerprint density at radius 3 is 2.58 bits per heavy atom. The highest BCUT2D eigenvalue weighted by molar-refractivity contribution is 9.09. The Bertz CT molecular complexity index is 524. The molecule has 5 unspecified atom stereocenters. The predicted octanol–water partition coefficient (Wildman–Crippen LogP) is 4.44. The van der Waals surface area contributed by atoms with Crippen LogP contribution in [0.4, 0.5) is 0 Å². The molecular formula is C17H19BrO. The van der Waals surface area contributed by atoms with E-state index in [1.807, 2.05) is 0 Å². The van der Waals surface area contributed by atoms with Gasteiger partial charge in [0.15, 0.2) is 0 Å². The fraction of sp³-hybridized carbons (Fsp3) is 0.647. The van der Waals surface area contributed by atoms with Crippen molar-refractivity contribution in [1.29, 1.82) is 0 Å². The molecule has 5 atom stereocenters. The lowest BCUT2D eigenvalue weighted by Gasteiger charge is -2.16. The molecular weight excluding hydrogens is 300 g/mol. The van der Waals surface area contributed by atoms with Crippen molar-refractivity contribution >= 4 is 15.9 Å². The highest BCUT2D eigenvalue weighted by Gasteiger charge is 2.66. The van der Waals surface area contributed by atoms with Gasteiger partial charge in [0.25, 0.3) is 0 Å². The van der Waals surface area contributed by atoms with Crippen LogP contribution in [0.15, 0.2) is 18.2 Å². The van der Waals surface area contributed by atoms with Crippen molar-refractivity contribution in [2.75, 3.05) is 0 Å². The van der Waals surface area contributed by atoms with Crippen molar-refractivity contribution in [3.05, 3.63) is 34.9 Å². The summed E-state index contributed by atoms with van der Waals surface area (Å²) in [5.41, 5.74) is 4.29. The third kappa shape index (κ3) is 1.50. The van der Waals surface area contributed by atoms with Crippen LogP contribution in [-0.2, 0) is 18.0 Å². The molecule has 0 spiro atoms. The molecule has 1 aromatic rings. The van der Waals surface area contributed by atoms with Gasteiger partial charge in [0.05, 0.1) is 13.2 Å². The fourth-order valence-corrected chi connectivity index (χ4v) is 6.36. The van der Waals surface area contributed by atoms with E-state index in [-0.39, 0.29) is 0 Å². The molecule has 0 N–H and O–H groups in total. The van der Waals surface area contributed by atoms with Crippen molar-refractivity contribution in [3.63, 3.8) is 0 Å². The van der Waals surface area contributed by atoms with E-state index in [0.29, 0.717) is 4.83 Å². The maximum atomic E-state index is 5.53. The number of hydrogen-bond donors (Lipinski definition) is 0. The fourth-order valence-electron chi connectivity index (χ4n) is 5.37. The zero-order valence-electron chi connectivity index (χ0n) is 11.0. The minimum atomic E-state index is 0.580. The Hall–Kier alpha value is -0.340. The van der Waals surface area contributed by atoms with E-state index in [1.54, 1.807) is 6.42 Å². The number of alkyl halides is 1. The van der Waals surface area contributed by atoms with Gasteiger partial charge in [0.2, 0.25) is 0 Å². The lowest BCUT2D eigenvalue weighted by molar-refractivity contribution is 0.134. The van der Waals surface area contributed by atoms with Gasteiger partial charge >= 0.3 is 0 Å². The van der Waals surface area contributed by atoms with E-state index in [4.69, 9.17) is 4.74 Å². The lowest BCUT2D eigenvalue weighted by Crippen LogP contribution is -2.04. The number of ether oxygens (including phenoxy) is 1. The highest BCUT2D eigenvalue weighted by Crippen LogP contribution is 2.73. The average Bonchev–Trinajstić information content (AvgIpc) is 2.84. The van der Waals surface area contributed by atoms with Gasteiger partial charge in [-0.2, -0.15) is 0 Å². The largest absolute Gasteiger partial charge is 0.372 e. The molecule has 0 amide bonds. The summed E-state index contributed by atoms with van der Waals surface area (Å²) in [5.74, 6) is 5.16. The summed E-state index contributed by atoms with van der Waals surface area (Å²) in [6.07, 6.45) is 4.57. The van der Waals surface area contributed by atoms with Gasteiger partial charge in [-0.15, -0.1) is 0 Å². The van der Waals surface area contributed by atoms with Gasteiger partial charge < -0.3 is 4.74 Å². The van der Waals surface area contributed by atoms with Crippen molar-refractivity contribution < 1.29 is 4.74 Å². The number of rotatable bonds is 2. The molecule has 5 rings (SSSR count). The highest BCUT2D eigenvalue weighted by atomic mass is 79.9. The summed E-state index contributed by atoms with van der Waals surface area (Å²) in [7, 11) is 0. The van der Waals surface area contributed by atoms with E-state index in [9.17, 15) is 0 Å². The summed E-state index contributed by atoms with van der Waals surface area (Å²) in [4.78, 5) is 0.580. The quantitative estimate of drug-likeness (QED) is 0.732. The Balaban J connectivity index is 1.42. The van der Waals surface area contributed by atoms with Crippen molar-refractivity contribution in [3.8, 4) is 0 Å². The second kappa shape index (κ2) is 3.85. The molecule has 2 bridgehead atoms. The molecule has 3 fully saturated rings. The SMILES string of the molecule is BrC(c1ccc2c(c1)COC2)C1C2C3CCC(C3)C21.